The number of aromatic nitrogens is 3. The first-order valence-electron chi connectivity index (χ1n) is 10.9. The van der Waals surface area contributed by atoms with E-state index in [9.17, 15) is 27.2 Å². The Balaban J connectivity index is 1.81. The quantitative estimate of drug-likeness (QED) is 0.206. The van der Waals surface area contributed by atoms with Crippen molar-refractivity contribution in [3.63, 3.8) is 0 Å². The molecule has 2 heterocycles. The monoisotopic (exact) mass is 525 g/mol. The first kappa shape index (κ1) is 26.0. The van der Waals surface area contributed by atoms with Gasteiger partial charge in [-0.2, -0.15) is 18.3 Å². The average Bonchev–Trinajstić information content (AvgIpc) is 3.29. The van der Waals surface area contributed by atoms with Gasteiger partial charge >= 0.3 is 6.18 Å². The molecular formula is C25H19F4N7O2. The largest absolute Gasteiger partial charge is 0.417 e. The number of anilines is 1. The Bertz CT molecular complexity index is 1560. The van der Waals surface area contributed by atoms with Crippen molar-refractivity contribution in [3.8, 4) is 11.3 Å². The smallest absolute Gasteiger partial charge is 0.397 e. The lowest BCUT2D eigenvalue weighted by molar-refractivity contribution is -0.137. The van der Waals surface area contributed by atoms with E-state index in [4.69, 9.17) is 11.5 Å². The Morgan fingerprint density at radius 3 is 2.37 bits per heavy atom. The average molecular weight is 525 g/mol. The van der Waals surface area contributed by atoms with Crippen LogP contribution in [0.4, 0.5) is 28.9 Å². The number of para-hydroxylation sites is 1. The molecule has 0 aliphatic rings. The zero-order chi connectivity index (χ0) is 27.6. The third-order valence-corrected chi connectivity index (χ3v) is 5.30. The lowest BCUT2D eigenvalue weighted by Crippen LogP contribution is -2.33. The third kappa shape index (κ3) is 5.51. The molecule has 0 atom stereocenters. The van der Waals surface area contributed by atoms with Gasteiger partial charge in [-0.05, 0) is 36.4 Å². The number of carbonyl (C=O) groups excluding carboxylic acids is 2. The number of amides is 2. The maximum absolute atomic E-state index is 14.9. The molecule has 4 aromatic rings. The number of alkyl halides is 3. The van der Waals surface area contributed by atoms with Crippen LogP contribution in [0.5, 0.6) is 0 Å². The van der Waals surface area contributed by atoms with Gasteiger partial charge < -0.3 is 16.8 Å². The van der Waals surface area contributed by atoms with E-state index >= 15 is 0 Å². The summed E-state index contributed by atoms with van der Waals surface area (Å²) in [6, 6.07) is 11.8. The van der Waals surface area contributed by atoms with E-state index in [1.807, 2.05) is 0 Å². The standard InChI is InChI=1S/C25H19F4N7O2/c1-36-8-7-20(35-36)15-10-16(18(26)11-17(15)25(27,28)29)24(38)34-23(33-14-5-3-2-4-6-14)21-19(30)9-13(12-32-21)22(31)37/h2-12H,30H2,1H3,(H2,31,37)(H,33,34,38). The lowest BCUT2D eigenvalue weighted by Gasteiger charge is -2.15. The molecule has 0 bridgehead atoms. The Hall–Kier alpha value is -5.07. The summed E-state index contributed by atoms with van der Waals surface area (Å²) < 4.78 is 57.2. The van der Waals surface area contributed by atoms with Crippen molar-refractivity contribution in [1.29, 1.82) is 0 Å². The molecule has 38 heavy (non-hydrogen) atoms. The fraction of sp³-hybridized carbons (Fsp3) is 0.0800. The fourth-order valence-electron chi connectivity index (χ4n) is 3.51. The summed E-state index contributed by atoms with van der Waals surface area (Å²) in [4.78, 5) is 33.0. The van der Waals surface area contributed by atoms with Crippen LogP contribution in [0.25, 0.3) is 11.3 Å². The summed E-state index contributed by atoms with van der Waals surface area (Å²) in [7, 11) is 1.50. The molecule has 0 unspecified atom stereocenters. The second kappa shape index (κ2) is 10.1. The highest BCUT2D eigenvalue weighted by Crippen LogP contribution is 2.38. The van der Waals surface area contributed by atoms with Crippen LogP contribution in [0, 0.1) is 5.82 Å². The minimum absolute atomic E-state index is 0.00887. The highest BCUT2D eigenvalue weighted by Gasteiger charge is 2.36. The van der Waals surface area contributed by atoms with Gasteiger partial charge in [0, 0.05) is 25.0 Å². The Kier molecular flexibility index (Phi) is 6.93. The number of primary amides is 1. The molecule has 0 aliphatic heterocycles. The van der Waals surface area contributed by atoms with E-state index in [0.29, 0.717) is 5.69 Å². The molecule has 2 aromatic heterocycles. The van der Waals surface area contributed by atoms with E-state index in [2.05, 4.69) is 20.4 Å². The summed E-state index contributed by atoms with van der Waals surface area (Å²) >= 11 is 0. The number of nitrogens with zero attached hydrogens (tertiary/aromatic N) is 4. The van der Waals surface area contributed by atoms with E-state index in [1.54, 1.807) is 30.3 Å². The Labute approximate surface area is 212 Å². The van der Waals surface area contributed by atoms with Crippen LogP contribution in [0.3, 0.4) is 0 Å². The van der Waals surface area contributed by atoms with Crippen molar-refractivity contribution in [2.45, 2.75) is 6.18 Å². The zero-order valence-electron chi connectivity index (χ0n) is 19.6. The van der Waals surface area contributed by atoms with Crippen molar-refractivity contribution in [2.75, 3.05) is 5.73 Å². The SMILES string of the molecule is Cn1ccc(-c2cc(C(=O)NC(=Nc3ccccc3)c3ncc(C(N)=O)cc3N)c(F)cc2C(F)(F)F)n1. The van der Waals surface area contributed by atoms with E-state index < -0.39 is 40.5 Å². The van der Waals surface area contributed by atoms with Gasteiger partial charge in [0.15, 0.2) is 5.84 Å². The van der Waals surface area contributed by atoms with Crippen LogP contribution < -0.4 is 16.8 Å². The van der Waals surface area contributed by atoms with Crippen molar-refractivity contribution in [2.24, 2.45) is 17.8 Å². The van der Waals surface area contributed by atoms with Crippen molar-refractivity contribution in [1.82, 2.24) is 20.1 Å². The number of pyridine rings is 1. The number of aliphatic imine (C=N–C) groups is 1. The maximum atomic E-state index is 14.9. The van der Waals surface area contributed by atoms with Gasteiger partial charge in [0.1, 0.15) is 11.5 Å². The number of hydrogen-bond donors (Lipinski definition) is 3. The number of halogens is 4. The zero-order valence-corrected chi connectivity index (χ0v) is 19.6. The van der Waals surface area contributed by atoms with Crippen molar-refractivity contribution in [3.05, 3.63) is 95.2 Å². The topological polar surface area (TPSA) is 141 Å². The van der Waals surface area contributed by atoms with Crippen LogP contribution in [0.2, 0.25) is 0 Å². The second-order valence-electron chi connectivity index (χ2n) is 8.03. The number of nitrogens with two attached hydrogens (primary N) is 2. The van der Waals surface area contributed by atoms with Gasteiger partial charge in [0.05, 0.1) is 33.8 Å². The predicted molar refractivity (Wildman–Crippen MR) is 131 cm³/mol. The number of nitrogens with one attached hydrogen (secondary N) is 1. The van der Waals surface area contributed by atoms with Crippen LogP contribution >= 0.6 is 0 Å². The maximum Gasteiger partial charge on any atom is 0.417 e. The first-order chi connectivity index (χ1) is 17.9. The lowest BCUT2D eigenvalue weighted by atomic mass is 9.99. The summed E-state index contributed by atoms with van der Waals surface area (Å²) in [5, 5.41) is 6.33. The predicted octanol–water partition coefficient (Wildman–Crippen LogP) is 3.83. The van der Waals surface area contributed by atoms with Gasteiger partial charge in [-0.15, -0.1) is 0 Å². The molecule has 0 spiro atoms. The number of benzene rings is 2. The van der Waals surface area contributed by atoms with Crippen LogP contribution in [0.15, 0.2) is 72.0 Å². The summed E-state index contributed by atoms with van der Waals surface area (Å²) in [6.07, 6.45) is -2.39. The normalized spacial score (nSPS) is 11.9. The molecule has 4 rings (SSSR count). The van der Waals surface area contributed by atoms with Crippen LogP contribution in [0.1, 0.15) is 32.0 Å². The molecular weight excluding hydrogens is 506 g/mol. The molecule has 0 saturated heterocycles. The molecule has 0 radical (unpaired) electrons. The fourth-order valence-corrected chi connectivity index (χ4v) is 3.51. The minimum atomic E-state index is -4.91. The Morgan fingerprint density at radius 1 is 1.08 bits per heavy atom. The molecule has 0 aliphatic carbocycles. The molecule has 13 heteroatoms. The van der Waals surface area contributed by atoms with E-state index in [1.165, 1.54) is 30.1 Å². The van der Waals surface area contributed by atoms with Gasteiger partial charge in [-0.1, -0.05) is 18.2 Å². The first-order valence-corrected chi connectivity index (χ1v) is 10.9. The molecule has 0 fully saturated rings. The number of amidine groups is 1. The summed E-state index contributed by atoms with van der Waals surface area (Å²) in [5.41, 5.74) is 8.85. The number of aryl methyl sites for hydroxylation is 1. The number of hydrogen-bond acceptors (Lipinski definition) is 6. The van der Waals surface area contributed by atoms with E-state index in [-0.39, 0.29) is 34.5 Å². The van der Waals surface area contributed by atoms with E-state index in [0.717, 1.165) is 12.3 Å². The summed E-state index contributed by atoms with van der Waals surface area (Å²) in [5.74, 6) is -3.58. The highest BCUT2D eigenvalue weighted by molar-refractivity contribution is 6.15. The van der Waals surface area contributed by atoms with Crippen LogP contribution in [-0.2, 0) is 13.2 Å². The molecule has 194 valence electrons. The molecule has 2 amide bonds. The van der Waals surface area contributed by atoms with Gasteiger partial charge in [0.25, 0.3) is 5.91 Å². The molecule has 0 saturated carbocycles. The highest BCUT2D eigenvalue weighted by atomic mass is 19.4. The minimum Gasteiger partial charge on any atom is -0.397 e. The number of rotatable bonds is 5. The summed E-state index contributed by atoms with van der Waals surface area (Å²) in [6.45, 7) is 0. The van der Waals surface area contributed by atoms with Crippen molar-refractivity contribution >= 4 is 29.0 Å². The number of carbonyl (C=O) groups is 2. The Morgan fingerprint density at radius 2 is 1.79 bits per heavy atom. The van der Waals surface area contributed by atoms with Crippen LogP contribution in [-0.4, -0.2) is 32.4 Å². The molecule has 5 N–H and O–H groups in total. The van der Waals surface area contributed by atoms with Gasteiger partial charge in [-0.25, -0.2) is 14.4 Å². The van der Waals surface area contributed by atoms with Gasteiger partial charge in [0.2, 0.25) is 5.91 Å². The van der Waals surface area contributed by atoms with Gasteiger partial charge in [-0.3, -0.25) is 14.3 Å². The molecule has 2 aromatic carbocycles. The second-order valence-corrected chi connectivity index (χ2v) is 8.03. The third-order valence-electron chi connectivity index (χ3n) is 5.30. The molecule has 9 nitrogen and oxygen atoms in total. The number of nitrogen functional groups attached to an aromatic ring is 1. The van der Waals surface area contributed by atoms with Crippen molar-refractivity contribution < 1.29 is 27.2 Å².